The number of aromatic nitrogens is 1. The van der Waals surface area contributed by atoms with Crippen LogP contribution in [-0.2, 0) is 12.8 Å². The molecule has 4 rings (SSSR count). The van der Waals surface area contributed by atoms with Crippen molar-refractivity contribution in [1.29, 1.82) is 0 Å². The Kier molecular flexibility index (Phi) is 4.61. The molecule has 1 amide bonds. The van der Waals surface area contributed by atoms with Gasteiger partial charge in [0.25, 0.3) is 5.91 Å². The normalized spacial score (nSPS) is 18.3. The molecule has 25 heavy (non-hydrogen) atoms. The maximum Gasteiger partial charge on any atom is 0.267 e. The van der Waals surface area contributed by atoms with Gasteiger partial charge in [-0.05, 0) is 62.8 Å². The number of rotatable bonds is 3. The first-order chi connectivity index (χ1) is 12.1. The van der Waals surface area contributed by atoms with Crippen molar-refractivity contribution in [2.75, 3.05) is 18.4 Å². The number of amides is 1. The fraction of sp³-hybridized carbons (Fsp3) is 0.500. The minimum atomic E-state index is -0.0484. The van der Waals surface area contributed by atoms with E-state index in [9.17, 15) is 4.79 Å². The van der Waals surface area contributed by atoms with Gasteiger partial charge in [-0.25, -0.2) is 4.98 Å². The maximum atomic E-state index is 12.5. The number of thiazole rings is 1. The number of fused-ring (bicyclic) bond motifs is 1. The van der Waals surface area contributed by atoms with E-state index in [1.54, 1.807) is 0 Å². The Morgan fingerprint density at radius 3 is 2.60 bits per heavy atom. The van der Waals surface area contributed by atoms with E-state index < -0.39 is 0 Å². The van der Waals surface area contributed by atoms with Crippen LogP contribution >= 0.6 is 11.3 Å². The molecule has 1 aromatic heterocycles. The Bertz CT molecular complexity index is 794. The second kappa shape index (κ2) is 6.89. The molecular formula is C20H25N3OS. The molecule has 1 aliphatic heterocycles. The molecule has 1 aromatic carbocycles. The molecule has 0 saturated heterocycles. The lowest BCUT2D eigenvalue weighted by atomic mass is 9.91. The molecule has 1 N–H and O–H groups in total. The van der Waals surface area contributed by atoms with Crippen LogP contribution in [-0.4, -0.2) is 34.9 Å². The zero-order valence-corrected chi connectivity index (χ0v) is 15.8. The minimum Gasteiger partial charge on any atom is -0.321 e. The standard InChI is InChI=1S/C20H25N3OS/c1-13-19(25-14(2)21-13)20(24)22-17-7-6-15-8-10-23(18-4-3-5-18)11-9-16(15)12-17/h6-7,12,18H,3-5,8-11H2,1-2H3,(H,22,24). The fourth-order valence-corrected chi connectivity index (χ4v) is 4.68. The van der Waals surface area contributed by atoms with Crippen LogP contribution in [0.15, 0.2) is 18.2 Å². The van der Waals surface area contributed by atoms with E-state index in [-0.39, 0.29) is 5.91 Å². The van der Waals surface area contributed by atoms with Gasteiger partial charge in [0, 0.05) is 24.8 Å². The van der Waals surface area contributed by atoms with Gasteiger partial charge in [-0.3, -0.25) is 9.69 Å². The van der Waals surface area contributed by atoms with E-state index in [1.165, 1.54) is 48.3 Å². The van der Waals surface area contributed by atoms with Crippen molar-refractivity contribution in [3.05, 3.63) is 44.9 Å². The van der Waals surface area contributed by atoms with Crippen LogP contribution in [0.2, 0.25) is 0 Å². The predicted molar refractivity (Wildman–Crippen MR) is 103 cm³/mol. The van der Waals surface area contributed by atoms with Gasteiger partial charge >= 0.3 is 0 Å². The molecule has 2 heterocycles. The quantitative estimate of drug-likeness (QED) is 0.906. The summed E-state index contributed by atoms with van der Waals surface area (Å²) in [7, 11) is 0. The predicted octanol–water partition coefficient (Wildman–Crippen LogP) is 3.97. The zero-order valence-electron chi connectivity index (χ0n) is 15.0. The summed E-state index contributed by atoms with van der Waals surface area (Å²) in [4.78, 5) is 20.2. The van der Waals surface area contributed by atoms with Gasteiger partial charge in [-0.1, -0.05) is 12.5 Å². The van der Waals surface area contributed by atoms with Crippen molar-refractivity contribution < 1.29 is 4.79 Å². The van der Waals surface area contributed by atoms with Gasteiger partial charge in [0.05, 0.1) is 10.7 Å². The van der Waals surface area contributed by atoms with Gasteiger partial charge < -0.3 is 5.32 Å². The van der Waals surface area contributed by atoms with Gasteiger partial charge in [0.1, 0.15) is 4.88 Å². The topological polar surface area (TPSA) is 45.2 Å². The largest absolute Gasteiger partial charge is 0.321 e. The third-order valence-electron chi connectivity index (χ3n) is 5.50. The summed E-state index contributed by atoms with van der Waals surface area (Å²) in [6.45, 7) is 6.14. The van der Waals surface area contributed by atoms with Crippen LogP contribution in [0.5, 0.6) is 0 Å². The molecule has 4 nitrogen and oxygen atoms in total. The number of benzene rings is 1. The molecule has 132 valence electrons. The average Bonchev–Trinajstić information content (AvgIpc) is 2.75. The third-order valence-corrected chi connectivity index (χ3v) is 6.57. The van der Waals surface area contributed by atoms with Crippen LogP contribution in [0.3, 0.4) is 0 Å². The van der Waals surface area contributed by atoms with Crippen LogP contribution in [0, 0.1) is 13.8 Å². The summed E-state index contributed by atoms with van der Waals surface area (Å²) in [5.74, 6) is -0.0484. The van der Waals surface area contributed by atoms with E-state index in [4.69, 9.17) is 0 Å². The molecule has 1 aliphatic carbocycles. The average molecular weight is 356 g/mol. The lowest BCUT2D eigenvalue weighted by Crippen LogP contribution is -2.41. The van der Waals surface area contributed by atoms with E-state index in [1.807, 2.05) is 19.9 Å². The lowest BCUT2D eigenvalue weighted by Gasteiger charge is -2.36. The monoisotopic (exact) mass is 355 g/mol. The Morgan fingerprint density at radius 1 is 1.20 bits per heavy atom. The van der Waals surface area contributed by atoms with Gasteiger partial charge in [0.15, 0.2) is 0 Å². The van der Waals surface area contributed by atoms with Crippen molar-refractivity contribution in [3.8, 4) is 0 Å². The second-order valence-corrected chi connectivity index (χ2v) is 8.41. The molecule has 1 fully saturated rings. The van der Waals surface area contributed by atoms with E-state index >= 15 is 0 Å². The minimum absolute atomic E-state index is 0.0484. The van der Waals surface area contributed by atoms with E-state index in [0.29, 0.717) is 4.88 Å². The molecule has 0 radical (unpaired) electrons. The number of nitrogens with zero attached hydrogens (tertiary/aromatic N) is 2. The molecule has 0 bridgehead atoms. The van der Waals surface area contributed by atoms with Gasteiger partial charge in [-0.15, -0.1) is 11.3 Å². The number of carbonyl (C=O) groups is 1. The summed E-state index contributed by atoms with van der Waals surface area (Å²) >= 11 is 1.46. The van der Waals surface area contributed by atoms with Crippen LogP contribution < -0.4 is 5.32 Å². The number of carbonyl (C=O) groups excluding carboxylic acids is 1. The van der Waals surface area contributed by atoms with E-state index in [2.05, 4.69) is 27.3 Å². The van der Waals surface area contributed by atoms with Crippen molar-refractivity contribution in [1.82, 2.24) is 9.88 Å². The summed E-state index contributed by atoms with van der Waals surface area (Å²) in [6, 6.07) is 7.21. The summed E-state index contributed by atoms with van der Waals surface area (Å²) in [5.41, 5.74) is 4.53. The zero-order chi connectivity index (χ0) is 17.4. The Hall–Kier alpha value is -1.72. The number of hydrogen-bond donors (Lipinski definition) is 1. The molecule has 2 aromatic rings. The summed E-state index contributed by atoms with van der Waals surface area (Å²) in [6.07, 6.45) is 6.32. The van der Waals surface area contributed by atoms with Crippen LogP contribution in [0.25, 0.3) is 0 Å². The summed E-state index contributed by atoms with van der Waals surface area (Å²) in [5, 5.41) is 3.99. The maximum absolute atomic E-state index is 12.5. The highest BCUT2D eigenvalue weighted by Crippen LogP contribution is 2.28. The molecule has 2 aliphatic rings. The van der Waals surface area contributed by atoms with Crippen molar-refractivity contribution >= 4 is 22.9 Å². The van der Waals surface area contributed by atoms with Crippen molar-refractivity contribution in [2.24, 2.45) is 0 Å². The molecule has 0 atom stereocenters. The summed E-state index contributed by atoms with van der Waals surface area (Å²) < 4.78 is 0. The number of hydrogen-bond acceptors (Lipinski definition) is 4. The number of aryl methyl sites for hydroxylation is 2. The molecule has 1 saturated carbocycles. The van der Waals surface area contributed by atoms with Crippen molar-refractivity contribution in [2.45, 2.75) is 52.0 Å². The molecule has 0 spiro atoms. The van der Waals surface area contributed by atoms with Crippen LogP contribution in [0.1, 0.15) is 50.8 Å². The highest BCUT2D eigenvalue weighted by molar-refractivity contribution is 7.13. The highest BCUT2D eigenvalue weighted by atomic mass is 32.1. The third kappa shape index (κ3) is 3.48. The number of anilines is 1. The smallest absolute Gasteiger partial charge is 0.267 e. The Morgan fingerprint density at radius 2 is 1.96 bits per heavy atom. The first-order valence-corrected chi connectivity index (χ1v) is 10.0. The fourth-order valence-electron chi connectivity index (χ4n) is 3.87. The highest BCUT2D eigenvalue weighted by Gasteiger charge is 2.26. The SMILES string of the molecule is Cc1nc(C)c(C(=O)Nc2ccc3c(c2)CCN(C2CCC2)CC3)s1. The van der Waals surface area contributed by atoms with Gasteiger partial charge in [-0.2, -0.15) is 0 Å². The molecule has 5 heteroatoms. The van der Waals surface area contributed by atoms with Crippen molar-refractivity contribution in [3.63, 3.8) is 0 Å². The first kappa shape index (κ1) is 16.7. The van der Waals surface area contributed by atoms with Crippen LogP contribution in [0.4, 0.5) is 5.69 Å². The number of nitrogens with one attached hydrogen (secondary N) is 1. The lowest BCUT2D eigenvalue weighted by molar-refractivity contribution is 0.103. The van der Waals surface area contributed by atoms with E-state index in [0.717, 1.165) is 41.8 Å². The Labute approximate surface area is 153 Å². The molecule has 0 unspecified atom stereocenters. The van der Waals surface area contributed by atoms with Gasteiger partial charge in [0.2, 0.25) is 0 Å². The molecular weight excluding hydrogens is 330 g/mol. The first-order valence-electron chi connectivity index (χ1n) is 9.21. The second-order valence-electron chi connectivity index (χ2n) is 7.21. The Balaban J connectivity index is 1.47.